The lowest BCUT2D eigenvalue weighted by Gasteiger charge is -2.14. The maximum atomic E-state index is 11.6. The van der Waals surface area contributed by atoms with E-state index in [0.29, 0.717) is 37.6 Å². The topological polar surface area (TPSA) is 85.3 Å². The minimum Gasteiger partial charge on any atom is -0.497 e. The molecule has 1 N–H and O–H groups in total. The van der Waals surface area contributed by atoms with Gasteiger partial charge in [-0.25, -0.2) is 0 Å². The second kappa shape index (κ2) is 16.2. The minimum absolute atomic E-state index is 0.0304. The third kappa shape index (κ3) is 11.3. The highest BCUT2D eigenvalue weighted by atomic mass is 16.5. The Morgan fingerprint density at radius 3 is 2.28 bits per heavy atom. The van der Waals surface area contributed by atoms with Gasteiger partial charge in [0.25, 0.3) is 0 Å². The molecule has 36 heavy (non-hydrogen) atoms. The summed E-state index contributed by atoms with van der Waals surface area (Å²) in [5.74, 6) is 1.50. The van der Waals surface area contributed by atoms with Crippen LogP contribution in [-0.4, -0.2) is 56.3 Å². The summed E-state index contributed by atoms with van der Waals surface area (Å²) in [6, 6.07) is 13.5. The Labute approximate surface area is 214 Å². The number of rotatable bonds is 17. The molecule has 2 rings (SSSR count). The number of methoxy groups -OCH3 is 1. The fraction of sp³-hybridized carbons (Fsp3) is 0.448. The second-order valence-corrected chi connectivity index (χ2v) is 8.78. The van der Waals surface area contributed by atoms with Crippen molar-refractivity contribution in [2.45, 2.75) is 51.4 Å². The third-order valence-electron chi connectivity index (χ3n) is 5.64. The van der Waals surface area contributed by atoms with Crippen LogP contribution in [0.4, 0.5) is 0 Å². The normalized spacial score (nSPS) is 10.9. The summed E-state index contributed by atoms with van der Waals surface area (Å²) in [6.07, 6.45) is 9.55. The van der Waals surface area contributed by atoms with Crippen LogP contribution in [-0.2, 0) is 16.0 Å². The van der Waals surface area contributed by atoms with E-state index in [4.69, 9.17) is 19.3 Å². The first-order chi connectivity index (χ1) is 17.4. The fourth-order valence-corrected chi connectivity index (χ4v) is 3.50. The van der Waals surface area contributed by atoms with Crippen molar-refractivity contribution in [2.24, 2.45) is 0 Å². The van der Waals surface area contributed by atoms with Gasteiger partial charge in [0.05, 0.1) is 20.3 Å². The van der Waals surface area contributed by atoms with Crippen molar-refractivity contribution in [3.8, 4) is 17.2 Å². The largest absolute Gasteiger partial charge is 0.497 e. The lowest BCUT2D eigenvalue weighted by atomic mass is 10.1. The number of unbranched alkanes of at least 4 members (excludes halogenated alkanes) is 3. The Bertz CT molecular complexity index is 968. The first-order valence-electron chi connectivity index (χ1n) is 12.5. The van der Waals surface area contributed by atoms with Crippen LogP contribution in [0.15, 0.2) is 48.5 Å². The summed E-state index contributed by atoms with van der Waals surface area (Å²) >= 11 is 0. The molecule has 196 valence electrons. The van der Waals surface area contributed by atoms with Gasteiger partial charge in [0.1, 0.15) is 17.2 Å². The number of benzene rings is 2. The van der Waals surface area contributed by atoms with Gasteiger partial charge in [-0.3, -0.25) is 9.59 Å². The molecule has 0 saturated heterocycles. The van der Waals surface area contributed by atoms with Crippen LogP contribution in [0.5, 0.6) is 17.2 Å². The predicted molar refractivity (Wildman–Crippen MR) is 142 cm³/mol. The minimum atomic E-state index is -0.846. The molecule has 1 amide bonds. The van der Waals surface area contributed by atoms with E-state index >= 15 is 0 Å². The molecule has 2 aromatic rings. The lowest BCUT2D eigenvalue weighted by molar-refractivity contribution is -0.137. The highest BCUT2D eigenvalue weighted by Gasteiger charge is 2.09. The Morgan fingerprint density at radius 1 is 0.889 bits per heavy atom. The van der Waals surface area contributed by atoms with Gasteiger partial charge in [-0.05, 0) is 80.0 Å². The molecule has 0 aromatic heterocycles. The van der Waals surface area contributed by atoms with Crippen LogP contribution in [0, 0.1) is 0 Å². The van der Waals surface area contributed by atoms with E-state index < -0.39 is 5.97 Å². The van der Waals surface area contributed by atoms with Crippen molar-refractivity contribution in [3.05, 3.63) is 59.7 Å². The predicted octanol–water partition coefficient (Wildman–Crippen LogP) is 5.61. The number of allylic oxidation sites excluding steroid dienone is 1. The molecule has 0 aliphatic heterocycles. The number of ether oxygens (including phenoxy) is 3. The average Bonchev–Trinajstić information content (AvgIpc) is 2.87. The second-order valence-electron chi connectivity index (χ2n) is 8.78. The zero-order valence-electron chi connectivity index (χ0n) is 21.7. The molecule has 0 fully saturated rings. The van der Waals surface area contributed by atoms with Gasteiger partial charge in [-0.1, -0.05) is 24.3 Å². The van der Waals surface area contributed by atoms with Gasteiger partial charge in [0, 0.05) is 26.9 Å². The molecule has 0 aliphatic rings. The highest BCUT2D eigenvalue weighted by molar-refractivity contribution is 5.75. The first-order valence-corrected chi connectivity index (χ1v) is 12.5. The van der Waals surface area contributed by atoms with Crippen LogP contribution in [0.3, 0.4) is 0 Å². The van der Waals surface area contributed by atoms with E-state index in [1.807, 2.05) is 42.5 Å². The quantitative estimate of drug-likeness (QED) is 0.286. The molecule has 0 spiro atoms. The summed E-state index contributed by atoms with van der Waals surface area (Å²) in [5.41, 5.74) is 1.97. The van der Waals surface area contributed by atoms with Crippen LogP contribution in [0.2, 0.25) is 0 Å². The van der Waals surface area contributed by atoms with Crippen molar-refractivity contribution in [1.82, 2.24) is 4.90 Å². The van der Waals surface area contributed by atoms with Gasteiger partial charge < -0.3 is 24.2 Å². The van der Waals surface area contributed by atoms with Crippen molar-refractivity contribution in [1.29, 1.82) is 0 Å². The number of carboxylic acid groups (broad SMARTS) is 1. The Kier molecular flexibility index (Phi) is 13.0. The molecular formula is C29H39NO6. The van der Waals surface area contributed by atoms with Crippen molar-refractivity contribution in [2.75, 3.05) is 34.4 Å². The molecule has 0 unspecified atom stereocenters. The van der Waals surface area contributed by atoms with Crippen molar-refractivity contribution in [3.63, 3.8) is 0 Å². The van der Waals surface area contributed by atoms with Crippen LogP contribution < -0.4 is 14.2 Å². The van der Waals surface area contributed by atoms with Gasteiger partial charge in [-0.15, -0.1) is 0 Å². The maximum Gasteiger partial charge on any atom is 0.303 e. The highest BCUT2D eigenvalue weighted by Crippen LogP contribution is 2.26. The summed E-state index contributed by atoms with van der Waals surface area (Å²) in [6.45, 7) is 1.07. The number of hydrogen-bond acceptors (Lipinski definition) is 5. The van der Waals surface area contributed by atoms with Gasteiger partial charge in [-0.2, -0.15) is 0 Å². The summed E-state index contributed by atoms with van der Waals surface area (Å²) in [7, 11) is 5.16. The van der Waals surface area contributed by atoms with E-state index in [9.17, 15) is 9.59 Å². The molecule has 2 aromatic carbocycles. The Balaban J connectivity index is 1.77. The standard InChI is InChI=1S/C29H39NO6/c1-30(2)28(31)11-7-9-20-35-26-17-18-27(24(22-26)14-19-29(32)33)36-21-8-5-4-6-10-23-12-15-25(34-3)16-13-23/h6,10,12-13,15-18,22H,4-5,7-9,11,14,19-21H2,1-3H3,(H,32,33). The first kappa shape index (κ1) is 28.8. The number of carboxylic acids is 1. The van der Waals surface area contributed by atoms with Gasteiger partial charge >= 0.3 is 5.97 Å². The van der Waals surface area contributed by atoms with E-state index in [0.717, 1.165) is 49.0 Å². The summed E-state index contributed by atoms with van der Waals surface area (Å²) < 4.78 is 17.0. The number of hydrogen-bond donors (Lipinski definition) is 1. The molecular weight excluding hydrogens is 458 g/mol. The molecule has 0 heterocycles. The number of amides is 1. The maximum absolute atomic E-state index is 11.6. The van der Waals surface area contributed by atoms with Crippen LogP contribution in [0.1, 0.15) is 56.1 Å². The number of aryl methyl sites for hydroxylation is 1. The van der Waals surface area contributed by atoms with Gasteiger partial charge in [0.2, 0.25) is 5.91 Å². The third-order valence-corrected chi connectivity index (χ3v) is 5.64. The monoisotopic (exact) mass is 497 g/mol. The van der Waals surface area contributed by atoms with E-state index in [1.54, 1.807) is 26.1 Å². The molecule has 0 saturated carbocycles. The average molecular weight is 498 g/mol. The zero-order valence-corrected chi connectivity index (χ0v) is 21.7. The molecule has 0 bridgehead atoms. The molecule has 7 nitrogen and oxygen atoms in total. The fourth-order valence-electron chi connectivity index (χ4n) is 3.50. The lowest BCUT2D eigenvalue weighted by Crippen LogP contribution is -2.21. The van der Waals surface area contributed by atoms with Crippen molar-refractivity contribution < 1.29 is 28.9 Å². The smallest absolute Gasteiger partial charge is 0.303 e. The zero-order chi connectivity index (χ0) is 26.2. The molecule has 7 heteroatoms. The van der Waals surface area contributed by atoms with E-state index in [1.165, 1.54) is 0 Å². The number of carbonyl (C=O) groups excluding carboxylic acids is 1. The molecule has 0 aliphatic carbocycles. The van der Waals surface area contributed by atoms with E-state index in [-0.39, 0.29) is 12.3 Å². The Morgan fingerprint density at radius 2 is 1.58 bits per heavy atom. The van der Waals surface area contributed by atoms with Crippen LogP contribution >= 0.6 is 0 Å². The van der Waals surface area contributed by atoms with Gasteiger partial charge in [0.15, 0.2) is 0 Å². The number of aliphatic carboxylic acids is 1. The number of carbonyl (C=O) groups is 2. The van der Waals surface area contributed by atoms with Crippen molar-refractivity contribution >= 4 is 18.0 Å². The number of nitrogens with zero attached hydrogens (tertiary/aromatic N) is 1. The summed E-state index contributed by atoms with van der Waals surface area (Å²) in [5, 5.41) is 9.11. The van der Waals surface area contributed by atoms with Crippen LogP contribution in [0.25, 0.3) is 6.08 Å². The van der Waals surface area contributed by atoms with E-state index in [2.05, 4.69) is 12.2 Å². The SMILES string of the molecule is COc1ccc(C=CCCCCOc2ccc(OCCCCC(=O)N(C)C)cc2CCC(=O)O)cc1. The molecule has 0 radical (unpaired) electrons. The summed E-state index contributed by atoms with van der Waals surface area (Å²) in [4.78, 5) is 24.3. The molecule has 0 atom stereocenters. The Hall–Kier alpha value is -3.48.